The molecule has 7 nitrogen and oxygen atoms in total. The lowest BCUT2D eigenvalue weighted by molar-refractivity contribution is 0.261. The highest BCUT2D eigenvalue weighted by molar-refractivity contribution is 6.32. The smallest absolute Gasteiger partial charge is 0.280 e. The minimum Gasteiger partial charge on any atom is -0.310 e. The summed E-state index contributed by atoms with van der Waals surface area (Å²) >= 11 is 6.31. The van der Waals surface area contributed by atoms with Gasteiger partial charge in [0.1, 0.15) is 0 Å². The average Bonchev–Trinajstić information content (AvgIpc) is 2.92. The molecule has 0 fully saturated rings. The zero-order valence-corrected chi connectivity index (χ0v) is 17.0. The van der Waals surface area contributed by atoms with Crippen LogP contribution in [-0.2, 0) is 19.6 Å². The van der Waals surface area contributed by atoms with E-state index in [9.17, 15) is 9.59 Å². The normalized spacial score (nSPS) is 14.6. The number of hydrogen-bond donors (Lipinski definition) is 1. The number of halogens is 1. The first-order valence-electron chi connectivity index (χ1n) is 9.85. The van der Waals surface area contributed by atoms with E-state index in [1.165, 1.54) is 10.7 Å². The maximum absolute atomic E-state index is 13.4. The molecule has 0 spiro atoms. The van der Waals surface area contributed by atoms with Crippen LogP contribution in [0.2, 0.25) is 5.02 Å². The van der Waals surface area contributed by atoms with Crippen molar-refractivity contribution in [2.75, 3.05) is 6.54 Å². The molecule has 3 aromatic heterocycles. The van der Waals surface area contributed by atoms with Gasteiger partial charge in [-0.3, -0.25) is 24.6 Å². The van der Waals surface area contributed by atoms with Gasteiger partial charge in [0.2, 0.25) is 0 Å². The Bertz CT molecular complexity index is 1340. The maximum Gasteiger partial charge on any atom is 0.280 e. The van der Waals surface area contributed by atoms with Gasteiger partial charge in [-0.25, -0.2) is 4.68 Å². The van der Waals surface area contributed by atoms with Crippen molar-refractivity contribution < 1.29 is 0 Å². The SMILES string of the molecule is O=c1c2c3n(c(=O)cc2[nH]n1-c1ccccc1Cl)CCCN(Cc1cccnc1)C3. The fourth-order valence-electron chi connectivity index (χ4n) is 4.15. The van der Waals surface area contributed by atoms with Crippen molar-refractivity contribution in [3.05, 3.63) is 91.8 Å². The molecule has 152 valence electrons. The van der Waals surface area contributed by atoms with Crippen LogP contribution in [0, 0.1) is 0 Å². The first kappa shape index (κ1) is 18.8. The summed E-state index contributed by atoms with van der Waals surface area (Å²) in [6, 6.07) is 12.6. The predicted octanol–water partition coefficient (Wildman–Crippen LogP) is 2.93. The Balaban J connectivity index is 1.64. The molecule has 0 amide bonds. The van der Waals surface area contributed by atoms with E-state index in [0.29, 0.717) is 41.2 Å². The summed E-state index contributed by atoms with van der Waals surface area (Å²) in [5.74, 6) is 0. The van der Waals surface area contributed by atoms with Crippen LogP contribution in [0.15, 0.2) is 64.4 Å². The molecular formula is C22H20ClN5O2. The highest BCUT2D eigenvalue weighted by Crippen LogP contribution is 2.22. The Kier molecular flexibility index (Phi) is 4.77. The molecule has 8 heteroatoms. The number of aromatic amines is 1. The second-order valence-electron chi connectivity index (χ2n) is 7.50. The van der Waals surface area contributed by atoms with E-state index < -0.39 is 0 Å². The van der Waals surface area contributed by atoms with Crippen molar-refractivity contribution in [3.8, 4) is 5.69 Å². The van der Waals surface area contributed by atoms with Gasteiger partial charge in [0.25, 0.3) is 11.1 Å². The number of pyridine rings is 2. The Morgan fingerprint density at radius 3 is 2.77 bits per heavy atom. The largest absolute Gasteiger partial charge is 0.310 e. The molecule has 1 N–H and O–H groups in total. The molecule has 1 aromatic carbocycles. The molecule has 0 saturated heterocycles. The van der Waals surface area contributed by atoms with Crippen molar-refractivity contribution in [1.29, 1.82) is 0 Å². The van der Waals surface area contributed by atoms with Gasteiger partial charge in [-0.15, -0.1) is 0 Å². The number of nitrogens with zero attached hydrogens (tertiary/aromatic N) is 4. The lowest BCUT2D eigenvalue weighted by atomic mass is 10.2. The molecule has 4 aromatic rings. The third-order valence-corrected chi connectivity index (χ3v) is 5.84. The Labute approximate surface area is 177 Å². The minimum absolute atomic E-state index is 0.103. The van der Waals surface area contributed by atoms with E-state index in [1.54, 1.807) is 22.9 Å². The molecule has 4 heterocycles. The van der Waals surface area contributed by atoms with Crippen molar-refractivity contribution >= 4 is 22.5 Å². The zero-order chi connectivity index (χ0) is 20.7. The Morgan fingerprint density at radius 2 is 1.97 bits per heavy atom. The molecule has 1 aliphatic heterocycles. The minimum atomic E-state index is -0.204. The molecule has 0 unspecified atom stereocenters. The van der Waals surface area contributed by atoms with Crippen molar-refractivity contribution in [3.63, 3.8) is 0 Å². The van der Waals surface area contributed by atoms with Crippen LogP contribution < -0.4 is 11.1 Å². The van der Waals surface area contributed by atoms with E-state index in [-0.39, 0.29) is 11.1 Å². The first-order chi connectivity index (χ1) is 14.6. The highest BCUT2D eigenvalue weighted by atomic mass is 35.5. The van der Waals surface area contributed by atoms with Crippen LogP contribution in [0.5, 0.6) is 0 Å². The fraction of sp³-hybridized carbons (Fsp3) is 0.227. The fourth-order valence-corrected chi connectivity index (χ4v) is 4.37. The van der Waals surface area contributed by atoms with Gasteiger partial charge in [-0.2, -0.15) is 0 Å². The summed E-state index contributed by atoms with van der Waals surface area (Å²) in [5.41, 5.74) is 2.62. The van der Waals surface area contributed by atoms with Gasteiger partial charge in [0.15, 0.2) is 0 Å². The van der Waals surface area contributed by atoms with E-state index in [2.05, 4.69) is 15.0 Å². The van der Waals surface area contributed by atoms with Crippen molar-refractivity contribution in [2.24, 2.45) is 0 Å². The molecule has 0 bridgehead atoms. The predicted molar refractivity (Wildman–Crippen MR) is 116 cm³/mol. The number of nitrogens with one attached hydrogen (secondary N) is 1. The van der Waals surface area contributed by atoms with Crippen LogP contribution >= 0.6 is 11.6 Å². The summed E-state index contributed by atoms with van der Waals surface area (Å²) in [5, 5.41) is 4.07. The van der Waals surface area contributed by atoms with Gasteiger partial charge < -0.3 is 4.57 Å². The van der Waals surface area contributed by atoms with Gasteiger partial charge in [0, 0.05) is 44.6 Å². The topological polar surface area (TPSA) is 75.9 Å². The number of H-pyrrole nitrogens is 1. The molecule has 1 aliphatic rings. The third-order valence-electron chi connectivity index (χ3n) is 5.52. The van der Waals surface area contributed by atoms with Crippen LogP contribution in [0.4, 0.5) is 0 Å². The third kappa shape index (κ3) is 3.26. The Hall–Kier alpha value is -3.16. The second kappa shape index (κ2) is 7.59. The molecule has 0 aliphatic carbocycles. The van der Waals surface area contributed by atoms with Gasteiger partial charge in [-0.05, 0) is 30.2 Å². The van der Waals surface area contributed by atoms with E-state index in [0.717, 1.165) is 24.2 Å². The summed E-state index contributed by atoms with van der Waals surface area (Å²) in [4.78, 5) is 32.6. The first-order valence-corrected chi connectivity index (χ1v) is 10.2. The molecule has 0 radical (unpaired) electrons. The lowest BCUT2D eigenvalue weighted by Gasteiger charge is -2.20. The monoisotopic (exact) mass is 421 g/mol. The molecular weight excluding hydrogens is 402 g/mol. The lowest BCUT2D eigenvalue weighted by Crippen LogP contribution is -2.27. The Morgan fingerprint density at radius 1 is 1.10 bits per heavy atom. The number of aromatic nitrogens is 4. The van der Waals surface area contributed by atoms with E-state index >= 15 is 0 Å². The second-order valence-corrected chi connectivity index (χ2v) is 7.91. The van der Waals surface area contributed by atoms with Crippen LogP contribution in [0.25, 0.3) is 16.6 Å². The van der Waals surface area contributed by atoms with Gasteiger partial charge in [0.05, 0.1) is 27.3 Å². The molecule has 30 heavy (non-hydrogen) atoms. The van der Waals surface area contributed by atoms with Crippen LogP contribution in [0.1, 0.15) is 17.7 Å². The number of benzene rings is 1. The van der Waals surface area contributed by atoms with Crippen LogP contribution in [0.3, 0.4) is 0 Å². The van der Waals surface area contributed by atoms with Gasteiger partial charge in [-0.1, -0.05) is 29.8 Å². The zero-order valence-electron chi connectivity index (χ0n) is 16.2. The maximum atomic E-state index is 13.4. The van der Waals surface area contributed by atoms with Crippen LogP contribution in [-0.4, -0.2) is 30.8 Å². The van der Waals surface area contributed by atoms with E-state index in [4.69, 9.17) is 11.6 Å². The summed E-state index contributed by atoms with van der Waals surface area (Å²) in [6.07, 6.45) is 4.43. The van der Waals surface area contributed by atoms with Crippen molar-refractivity contribution in [1.82, 2.24) is 24.2 Å². The average molecular weight is 422 g/mol. The van der Waals surface area contributed by atoms with Crippen molar-refractivity contribution in [2.45, 2.75) is 26.1 Å². The standard InChI is InChI=1S/C22H20ClN5O2/c23-16-6-1-2-7-18(16)28-22(30)21-17(25-28)11-20(29)27-10-4-9-26(14-19(21)27)13-15-5-3-8-24-12-15/h1-3,5-8,11-12,25H,4,9-10,13-14H2. The summed E-state index contributed by atoms with van der Waals surface area (Å²) < 4.78 is 3.15. The number of fused-ring (bicyclic) bond motifs is 3. The van der Waals surface area contributed by atoms with Gasteiger partial charge >= 0.3 is 0 Å². The highest BCUT2D eigenvalue weighted by Gasteiger charge is 2.22. The number of hydrogen-bond acceptors (Lipinski definition) is 4. The quantitative estimate of drug-likeness (QED) is 0.552. The molecule has 0 atom stereocenters. The summed E-state index contributed by atoms with van der Waals surface area (Å²) in [6.45, 7) is 2.64. The number of para-hydroxylation sites is 1. The van der Waals surface area contributed by atoms with E-state index in [1.807, 2.05) is 30.5 Å². The molecule has 0 saturated carbocycles. The summed E-state index contributed by atoms with van der Waals surface area (Å²) in [7, 11) is 0. The molecule has 5 rings (SSSR count). The number of rotatable bonds is 3.